The van der Waals surface area contributed by atoms with E-state index in [2.05, 4.69) is 26.1 Å². The van der Waals surface area contributed by atoms with Gasteiger partial charge in [0.25, 0.3) is 0 Å². The predicted octanol–water partition coefficient (Wildman–Crippen LogP) is 0.734. The Labute approximate surface area is 83.8 Å². The smallest absolute Gasteiger partial charge is 0.230 e. The van der Waals surface area contributed by atoms with Gasteiger partial charge in [-0.15, -0.1) is 11.8 Å². The molecule has 0 radical (unpaired) electrons. The summed E-state index contributed by atoms with van der Waals surface area (Å²) in [4.78, 5) is 11.3. The molecule has 0 aromatic carbocycles. The number of amides is 1. The monoisotopic (exact) mass is 202 g/mol. The van der Waals surface area contributed by atoms with Crippen molar-refractivity contribution in [3.63, 3.8) is 0 Å². The van der Waals surface area contributed by atoms with Crippen LogP contribution in [0.1, 0.15) is 27.2 Å². The first kappa shape index (κ1) is 10.9. The van der Waals surface area contributed by atoms with Gasteiger partial charge in [-0.25, -0.2) is 0 Å². The zero-order chi connectivity index (χ0) is 10.1. The molecule has 3 N–H and O–H groups in total. The topological polar surface area (TPSA) is 55.1 Å². The minimum absolute atomic E-state index is 0.109. The van der Waals surface area contributed by atoms with Crippen molar-refractivity contribution in [2.45, 2.75) is 44.0 Å². The van der Waals surface area contributed by atoms with E-state index in [9.17, 15) is 4.79 Å². The van der Waals surface area contributed by atoms with Crippen LogP contribution in [0.2, 0.25) is 0 Å². The Hall–Kier alpha value is -0.220. The van der Waals surface area contributed by atoms with Gasteiger partial charge < -0.3 is 11.1 Å². The maximum atomic E-state index is 11.3. The zero-order valence-electron chi connectivity index (χ0n) is 8.46. The van der Waals surface area contributed by atoms with Crippen LogP contribution >= 0.6 is 11.8 Å². The van der Waals surface area contributed by atoms with Crippen molar-refractivity contribution in [2.24, 2.45) is 5.73 Å². The quantitative estimate of drug-likeness (QED) is 0.709. The molecule has 0 saturated heterocycles. The van der Waals surface area contributed by atoms with Crippen LogP contribution < -0.4 is 11.1 Å². The van der Waals surface area contributed by atoms with E-state index in [1.54, 1.807) is 11.8 Å². The maximum absolute atomic E-state index is 11.3. The number of thioether (sulfide) groups is 1. The van der Waals surface area contributed by atoms with Gasteiger partial charge in [-0.3, -0.25) is 4.79 Å². The number of nitrogens with two attached hydrogens (primary N) is 1. The standard InChI is InChI=1S/C9H18N2OS/c1-9(2,3)13-5-8(12)11-7-4-6(7)10/h6-7H,4-5,10H2,1-3H3,(H,11,12). The van der Waals surface area contributed by atoms with Gasteiger partial charge in [-0.2, -0.15) is 0 Å². The molecule has 1 aliphatic carbocycles. The normalized spacial score (nSPS) is 27.1. The number of hydrogen-bond donors (Lipinski definition) is 2. The highest BCUT2D eigenvalue weighted by Crippen LogP contribution is 2.23. The van der Waals surface area contributed by atoms with Crippen molar-refractivity contribution >= 4 is 17.7 Å². The molecule has 2 atom stereocenters. The lowest BCUT2D eigenvalue weighted by atomic mass is 10.3. The van der Waals surface area contributed by atoms with E-state index in [1.165, 1.54) is 0 Å². The van der Waals surface area contributed by atoms with E-state index >= 15 is 0 Å². The van der Waals surface area contributed by atoms with Gasteiger partial charge in [-0.1, -0.05) is 20.8 Å². The highest BCUT2D eigenvalue weighted by atomic mass is 32.2. The fraction of sp³-hybridized carbons (Fsp3) is 0.889. The second-order valence-electron chi connectivity index (χ2n) is 4.47. The third-order valence-corrected chi connectivity index (χ3v) is 3.10. The Bertz CT molecular complexity index is 200. The lowest BCUT2D eigenvalue weighted by Gasteiger charge is -2.16. The lowest BCUT2D eigenvalue weighted by Crippen LogP contribution is -2.32. The van der Waals surface area contributed by atoms with E-state index < -0.39 is 0 Å². The number of hydrogen-bond acceptors (Lipinski definition) is 3. The molecular weight excluding hydrogens is 184 g/mol. The first-order chi connectivity index (χ1) is 5.88. The SMILES string of the molecule is CC(C)(C)SCC(=O)NC1CC1N. The summed E-state index contributed by atoms with van der Waals surface area (Å²) >= 11 is 1.66. The molecule has 0 aromatic heterocycles. The molecule has 1 aliphatic rings. The van der Waals surface area contributed by atoms with Gasteiger partial charge in [-0.05, 0) is 6.42 Å². The van der Waals surface area contributed by atoms with Crippen LogP contribution in [0.4, 0.5) is 0 Å². The Morgan fingerprint density at radius 3 is 2.54 bits per heavy atom. The molecule has 13 heavy (non-hydrogen) atoms. The molecule has 0 spiro atoms. The second-order valence-corrected chi connectivity index (χ2v) is 6.28. The molecule has 0 aromatic rings. The van der Waals surface area contributed by atoms with Gasteiger partial charge in [0.15, 0.2) is 0 Å². The number of rotatable bonds is 3. The summed E-state index contributed by atoms with van der Waals surface area (Å²) in [6, 6.07) is 0.441. The van der Waals surface area contributed by atoms with Crippen molar-refractivity contribution in [3.05, 3.63) is 0 Å². The van der Waals surface area contributed by atoms with Crippen LogP contribution in [-0.2, 0) is 4.79 Å². The minimum Gasteiger partial charge on any atom is -0.351 e. The summed E-state index contributed by atoms with van der Waals surface area (Å²) in [5.41, 5.74) is 5.58. The van der Waals surface area contributed by atoms with Crippen molar-refractivity contribution in [1.82, 2.24) is 5.32 Å². The lowest BCUT2D eigenvalue weighted by molar-refractivity contribution is -0.118. The van der Waals surface area contributed by atoms with Crippen LogP contribution in [0.15, 0.2) is 0 Å². The van der Waals surface area contributed by atoms with Crippen LogP contribution in [0.3, 0.4) is 0 Å². The van der Waals surface area contributed by atoms with Gasteiger partial charge in [0.05, 0.1) is 5.75 Å². The molecule has 76 valence electrons. The predicted molar refractivity (Wildman–Crippen MR) is 56.7 cm³/mol. The van der Waals surface area contributed by atoms with E-state index in [0.717, 1.165) is 6.42 Å². The van der Waals surface area contributed by atoms with E-state index in [1.807, 2.05) is 0 Å². The van der Waals surface area contributed by atoms with E-state index in [4.69, 9.17) is 5.73 Å². The first-order valence-corrected chi connectivity index (χ1v) is 5.56. The van der Waals surface area contributed by atoms with Gasteiger partial charge in [0, 0.05) is 16.8 Å². The average molecular weight is 202 g/mol. The molecule has 1 fully saturated rings. The van der Waals surface area contributed by atoms with Crippen molar-refractivity contribution in [2.75, 3.05) is 5.75 Å². The fourth-order valence-corrected chi connectivity index (χ4v) is 1.56. The molecule has 4 heteroatoms. The van der Waals surface area contributed by atoms with Crippen LogP contribution in [0, 0.1) is 0 Å². The third kappa shape index (κ3) is 4.52. The summed E-state index contributed by atoms with van der Waals surface area (Å²) < 4.78 is 0.156. The molecule has 2 unspecified atom stereocenters. The molecule has 1 amide bonds. The maximum Gasteiger partial charge on any atom is 0.230 e. The molecular formula is C9H18N2OS. The van der Waals surface area contributed by atoms with E-state index in [0.29, 0.717) is 5.75 Å². The first-order valence-electron chi connectivity index (χ1n) is 4.57. The largest absolute Gasteiger partial charge is 0.351 e. The highest BCUT2D eigenvalue weighted by Gasteiger charge is 2.34. The Kier molecular flexibility index (Phi) is 3.24. The minimum atomic E-state index is 0.109. The number of carbonyl (C=O) groups is 1. The zero-order valence-corrected chi connectivity index (χ0v) is 9.28. The van der Waals surface area contributed by atoms with Gasteiger partial charge in [0.1, 0.15) is 0 Å². The summed E-state index contributed by atoms with van der Waals surface area (Å²) in [5.74, 6) is 0.644. The number of carbonyl (C=O) groups excluding carboxylic acids is 1. The van der Waals surface area contributed by atoms with Gasteiger partial charge in [0.2, 0.25) is 5.91 Å². The van der Waals surface area contributed by atoms with Crippen LogP contribution in [0.25, 0.3) is 0 Å². The second kappa shape index (κ2) is 3.88. The van der Waals surface area contributed by atoms with Crippen LogP contribution in [-0.4, -0.2) is 28.5 Å². The Morgan fingerprint density at radius 1 is 1.62 bits per heavy atom. The van der Waals surface area contributed by atoms with E-state index in [-0.39, 0.29) is 22.7 Å². The molecule has 0 heterocycles. The van der Waals surface area contributed by atoms with Crippen molar-refractivity contribution < 1.29 is 4.79 Å². The van der Waals surface area contributed by atoms with Gasteiger partial charge >= 0.3 is 0 Å². The third-order valence-electron chi connectivity index (χ3n) is 1.82. The molecule has 1 rings (SSSR count). The van der Waals surface area contributed by atoms with Crippen LogP contribution in [0.5, 0.6) is 0 Å². The highest BCUT2D eigenvalue weighted by molar-refractivity contribution is 8.01. The summed E-state index contributed by atoms with van der Waals surface area (Å²) in [7, 11) is 0. The molecule has 0 bridgehead atoms. The molecule has 1 saturated carbocycles. The Morgan fingerprint density at radius 2 is 2.15 bits per heavy atom. The summed E-state index contributed by atoms with van der Waals surface area (Å²) in [6.07, 6.45) is 0.936. The fourth-order valence-electron chi connectivity index (χ4n) is 0.911. The number of nitrogens with one attached hydrogen (secondary N) is 1. The molecule has 3 nitrogen and oxygen atoms in total. The average Bonchev–Trinajstić information content (AvgIpc) is 2.61. The van der Waals surface area contributed by atoms with Crippen molar-refractivity contribution in [3.8, 4) is 0 Å². The molecule has 0 aliphatic heterocycles. The van der Waals surface area contributed by atoms with Crippen molar-refractivity contribution in [1.29, 1.82) is 0 Å². The summed E-state index contributed by atoms with van der Waals surface area (Å²) in [6.45, 7) is 6.31. The summed E-state index contributed by atoms with van der Waals surface area (Å²) in [5, 5.41) is 2.89. The Balaban J connectivity index is 2.11.